The average Bonchev–Trinajstić information content (AvgIpc) is 3.36. The van der Waals surface area contributed by atoms with Crippen molar-refractivity contribution in [2.24, 2.45) is 0 Å². The van der Waals surface area contributed by atoms with Gasteiger partial charge in [0.1, 0.15) is 0 Å². The van der Waals surface area contributed by atoms with Crippen LogP contribution in [0.25, 0.3) is 10.9 Å². The second-order valence-corrected chi connectivity index (χ2v) is 8.60. The molecule has 0 bridgehead atoms. The zero-order chi connectivity index (χ0) is 18.3. The Morgan fingerprint density at radius 3 is 2.35 bits per heavy atom. The number of hydrogen-bond acceptors (Lipinski definition) is 7. The van der Waals surface area contributed by atoms with E-state index in [1.807, 2.05) is 0 Å². The number of nitrogens with one attached hydrogen (secondary N) is 1. The van der Waals surface area contributed by atoms with Gasteiger partial charge in [0.25, 0.3) is 0 Å². The highest BCUT2D eigenvalue weighted by Gasteiger charge is 2.36. The Labute approximate surface area is 152 Å². The number of nitrogens with zero attached hydrogens (tertiary/aromatic N) is 3. The van der Waals surface area contributed by atoms with Gasteiger partial charge in [0.05, 0.1) is 25.0 Å². The lowest BCUT2D eigenvalue weighted by Gasteiger charge is -2.18. The number of rotatable bonds is 6. The summed E-state index contributed by atoms with van der Waals surface area (Å²) in [5.74, 6) is 1.88. The van der Waals surface area contributed by atoms with Gasteiger partial charge in [-0.1, -0.05) is 0 Å². The van der Waals surface area contributed by atoms with Crippen molar-refractivity contribution in [3.05, 3.63) is 12.1 Å². The molecule has 26 heavy (non-hydrogen) atoms. The van der Waals surface area contributed by atoms with Crippen LogP contribution in [0.2, 0.25) is 0 Å². The summed E-state index contributed by atoms with van der Waals surface area (Å²) in [6, 6.07) is 3.47. The molecule has 4 rings (SSSR count). The predicted molar refractivity (Wildman–Crippen MR) is 99.7 cm³/mol. The van der Waals surface area contributed by atoms with Gasteiger partial charge in [-0.05, 0) is 31.7 Å². The third-order valence-corrected chi connectivity index (χ3v) is 6.61. The molecule has 140 valence electrons. The molecule has 1 N–H and O–H groups in total. The van der Waals surface area contributed by atoms with E-state index >= 15 is 0 Å². The molecule has 0 radical (unpaired) electrons. The minimum absolute atomic E-state index is 0.296. The number of hydrogen-bond donors (Lipinski definition) is 1. The first kappa shape index (κ1) is 17.1. The van der Waals surface area contributed by atoms with Gasteiger partial charge >= 0.3 is 0 Å². The van der Waals surface area contributed by atoms with Crippen LogP contribution in [0, 0.1) is 0 Å². The fraction of sp³-hybridized carbons (Fsp3) is 0.529. The van der Waals surface area contributed by atoms with Gasteiger partial charge in [-0.3, -0.25) is 4.72 Å². The molecular formula is C17H22N4O4S. The van der Waals surface area contributed by atoms with Crippen molar-refractivity contribution >= 4 is 32.7 Å². The second kappa shape index (κ2) is 6.46. The van der Waals surface area contributed by atoms with Gasteiger partial charge in [-0.2, -0.15) is 4.98 Å². The van der Waals surface area contributed by atoms with E-state index in [9.17, 15) is 8.42 Å². The molecule has 1 aromatic carbocycles. The Morgan fingerprint density at radius 1 is 1.08 bits per heavy atom. The maximum atomic E-state index is 12.5. The van der Waals surface area contributed by atoms with E-state index in [2.05, 4.69) is 19.6 Å². The molecule has 1 saturated heterocycles. The van der Waals surface area contributed by atoms with Gasteiger partial charge < -0.3 is 14.4 Å². The summed E-state index contributed by atoms with van der Waals surface area (Å²) in [5, 5.41) is 0.262. The van der Waals surface area contributed by atoms with Crippen LogP contribution in [0.4, 0.5) is 11.8 Å². The highest BCUT2D eigenvalue weighted by Crippen LogP contribution is 2.37. The SMILES string of the molecule is COc1cc2nc(N3CCCC3)nc(NS(=O)(=O)C3CC3)c2cc1OC. The molecule has 0 amide bonds. The molecule has 2 heterocycles. The smallest absolute Gasteiger partial charge is 0.236 e. The van der Waals surface area contributed by atoms with E-state index in [0.717, 1.165) is 25.9 Å². The lowest BCUT2D eigenvalue weighted by molar-refractivity contribution is 0.356. The van der Waals surface area contributed by atoms with E-state index < -0.39 is 10.0 Å². The minimum Gasteiger partial charge on any atom is -0.493 e. The van der Waals surface area contributed by atoms with Crippen molar-refractivity contribution < 1.29 is 17.9 Å². The van der Waals surface area contributed by atoms with E-state index in [1.54, 1.807) is 19.2 Å². The molecule has 0 spiro atoms. The number of aromatic nitrogens is 2. The fourth-order valence-electron chi connectivity index (χ4n) is 3.18. The highest BCUT2D eigenvalue weighted by atomic mass is 32.2. The Balaban J connectivity index is 1.87. The summed E-state index contributed by atoms with van der Waals surface area (Å²) >= 11 is 0. The van der Waals surface area contributed by atoms with Gasteiger partial charge in [0, 0.05) is 24.5 Å². The molecule has 1 aliphatic heterocycles. The molecule has 8 nitrogen and oxygen atoms in total. The third-order valence-electron chi connectivity index (χ3n) is 4.78. The van der Waals surface area contributed by atoms with Crippen molar-refractivity contribution in [1.29, 1.82) is 0 Å². The lowest BCUT2D eigenvalue weighted by Crippen LogP contribution is -2.23. The van der Waals surface area contributed by atoms with Crippen LogP contribution in [0.15, 0.2) is 12.1 Å². The van der Waals surface area contributed by atoms with Crippen molar-refractivity contribution in [3.8, 4) is 11.5 Å². The number of methoxy groups -OCH3 is 2. The maximum Gasteiger partial charge on any atom is 0.236 e. The molecule has 0 atom stereocenters. The van der Waals surface area contributed by atoms with Crippen LogP contribution in [0.1, 0.15) is 25.7 Å². The van der Waals surface area contributed by atoms with E-state index in [0.29, 0.717) is 47.0 Å². The summed E-state index contributed by atoms with van der Waals surface area (Å²) in [4.78, 5) is 11.2. The monoisotopic (exact) mass is 378 g/mol. The Morgan fingerprint density at radius 2 is 1.73 bits per heavy atom. The number of ether oxygens (including phenoxy) is 2. The molecule has 1 aliphatic carbocycles. The van der Waals surface area contributed by atoms with Gasteiger partial charge in [-0.15, -0.1) is 0 Å². The van der Waals surface area contributed by atoms with E-state index in [1.165, 1.54) is 7.11 Å². The van der Waals surface area contributed by atoms with Crippen LogP contribution in [0.5, 0.6) is 11.5 Å². The predicted octanol–water partition coefficient (Wildman–Crippen LogP) is 2.15. The number of sulfonamides is 1. The third kappa shape index (κ3) is 3.11. The largest absolute Gasteiger partial charge is 0.493 e. The van der Waals surface area contributed by atoms with Gasteiger partial charge in [0.15, 0.2) is 17.3 Å². The lowest BCUT2D eigenvalue weighted by atomic mass is 10.2. The van der Waals surface area contributed by atoms with Crippen LogP contribution in [-0.2, 0) is 10.0 Å². The molecule has 2 aliphatic rings. The van der Waals surface area contributed by atoms with Crippen LogP contribution >= 0.6 is 0 Å². The summed E-state index contributed by atoms with van der Waals surface area (Å²) in [5.41, 5.74) is 0.619. The van der Waals surface area contributed by atoms with E-state index in [4.69, 9.17) is 9.47 Å². The van der Waals surface area contributed by atoms with Crippen molar-refractivity contribution in [2.45, 2.75) is 30.9 Å². The zero-order valence-electron chi connectivity index (χ0n) is 14.9. The summed E-state index contributed by atoms with van der Waals surface area (Å²) in [6.07, 6.45) is 3.54. The summed E-state index contributed by atoms with van der Waals surface area (Å²) < 4.78 is 38.3. The standard InChI is InChI=1S/C17H22N4O4S/c1-24-14-9-12-13(10-15(14)25-2)18-17(21-7-3-4-8-21)19-16(12)20-26(22,23)11-5-6-11/h9-11H,3-8H2,1-2H3,(H,18,19,20). The molecule has 1 aromatic heterocycles. The first-order chi connectivity index (χ1) is 12.5. The number of anilines is 2. The Hall–Kier alpha value is -2.29. The highest BCUT2D eigenvalue weighted by molar-refractivity contribution is 7.93. The topological polar surface area (TPSA) is 93.6 Å². The normalized spacial score (nSPS) is 17.5. The number of benzene rings is 1. The molecule has 2 aromatic rings. The van der Waals surface area contributed by atoms with Crippen molar-refractivity contribution in [3.63, 3.8) is 0 Å². The summed E-state index contributed by atoms with van der Waals surface area (Å²) in [7, 11) is -0.341. The zero-order valence-corrected chi connectivity index (χ0v) is 15.7. The summed E-state index contributed by atoms with van der Waals surface area (Å²) in [6.45, 7) is 1.74. The van der Waals surface area contributed by atoms with Gasteiger partial charge in [0.2, 0.25) is 16.0 Å². The average molecular weight is 378 g/mol. The molecule has 0 unspecified atom stereocenters. The molecule has 2 fully saturated rings. The fourth-order valence-corrected chi connectivity index (χ4v) is 4.52. The minimum atomic E-state index is -3.44. The molecule has 9 heteroatoms. The molecular weight excluding hydrogens is 356 g/mol. The van der Waals surface area contributed by atoms with Crippen molar-refractivity contribution in [2.75, 3.05) is 36.9 Å². The van der Waals surface area contributed by atoms with Gasteiger partial charge in [-0.25, -0.2) is 13.4 Å². The Bertz CT molecular complexity index is 937. The van der Waals surface area contributed by atoms with Crippen LogP contribution in [0.3, 0.4) is 0 Å². The number of fused-ring (bicyclic) bond motifs is 1. The van der Waals surface area contributed by atoms with E-state index in [-0.39, 0.29) is 5.25 Å². The van der Waals surface area contributed by atoms with Crippen molar-refractivity contribution in [1.82, 2.24) is 9.97 Å². The first-order valence-corrected chi connectivity index (χ1v) is 10.3. The first-order valence-electron chi connectivity index (χ1n) is 8.72. The van der Waals surface area contributed by atoms with Crippen LogP contribution < -0.4 is 19.1 Å². The molecule has 1 saturated carbocycles. The second-order valence-electron chi connectivity index (χ2n) is 6.64. The van der Waals surface area contributed by atoms with Crippen LogP contribution in [-0.4, -0.2) is 50.9 Å². The quantitative estimate of drug-likeness (QED) is 0.823. The Kier molecular flexibility index (Phi) is 4.26. The maximum absolute atomic E-state index is 12.5.